The Hall–Kier alpha value is -2.35. The quantitative estimate of drug-likeness (QED) is 0.578. The molecule has 0 spiro atoms. The zero-order valence-corrected chi connectivity index (χ0v) is 17.6. The van der Waals surface area contributed by atoms with Crippen LogP contribution in [0.4, 0.5) is 0 Å². The first kappa shape index (κ1) is 19.9. The fourth-order valence-electron chi connectivity index (χ4n) is 3.21. The summed E-state index contributed by atoms with van der Waals surface area (Å²) in [5.41, 5.74) is 2.86. The summed E-state index contributed by atoms with van der Waals surface area (Å²) in [4.78, 5) is 14.4. The van der Waals surface area contributed by atoms with Crippen LogP contribution in [0, 0.1) is 6.92 Å². The Labute approximate surface area is 178 Å². The van der Waals surface area contributed by atoms with Crippen LogP contribution in [0.25, 0.3) is 17.1 Å². The van der Waals surface area contributed by atoms with Gasteiger partial charge in [-0.05, 0) is 36.8 Å². The Morgan fingerprint density at radius 3 is 2.69 bits per heavy atom. The summed E-state index contributed by atoms with van der Waals surface area (Å²) < 4.78 is 7.29. The van der Waals surface area contributed by atoms with Crippen molar-refractivity contribution in [3.05, 3.63) is 59.1 Å². The number of carbonyl (C=O) groups excluding carboxylic acids is 1. The van der Waals surface area contributed by atoms with Gasteiger partial charge in [0.05, 0.1) is 24.0 Å². The molecule has 6 nitrogen and oxygen atoms in total. The molecule has 1 aliphatic rings. The van der Waals surface area contributed by atoms with Crippen LogP contribution in [0.5, 0.6) is 0 Å². The molecular formula is C21H21ClN4O2S. The van der Waals surface area contributed by atoms with Crippen molar-refractivity contribution in [1.82, 2.24) is 19.7 Å². The van der Waals surface area contributed by atoms with E-state index in [4.69, 9.17) is 16.3 Å². The topological polar surface area (TPSA) is 60.2 Å². The predicted molar refractivity (Wildman–Crippen MR) is 115 cm³/mol. The van der Waals surface area contributed by atoms with Crippen LogP contribution < -0.4 is 0 Å². The van der Waals surface area contributed by atoms with Crippen LogP contribution in [0.2, 0.25) is 5.02 Å². The molecule has 1 fully saturated rings. The Morgan fingerprint density at radius 2 is 1.93 bits per heavy atom. The Balaban J connectivity index is 1.67. The lowest BCUT2D eigenvalue weighted by atomic mass is 10.2. The van der Waals surface area contributed by atoms with E-state index in [0.29, 0.717) is 48.1 Å². The van der Waals surface area contributed by atoms with E-state index in [9.17, 15) is 4.79 Å². The van der Waals surface area contributed by atoms with Crippen molar-refractivity contribution in [3.8, 4) is 17.1 Å². The van der Waals surface area contributed by atoms with Gasteiger partial charge in [-0.15, -0.1) is 10.2 Å². The zero-order chi connectivity index (χ0) is 20.2. The van der Waals surface area contributed by atoms with E-state index < -0.39 is 0 Å². The summed E-state index contributed by atoms with van der Waals surface area (Å²) in [5, 5.41) is 10.1. The molecule has 0 N–H and O–H groups in total. The largest absolute Gasteiger partial charge is 0.378 e. The third-order valence-corrected chi connectivity index (χ3v) is 5.94. The van der Waals surface area contributed by atoms with Gasteiger partial charge in [0.2, 0.25) is 5.91 Å². The van der Waals surface area contributed by atoms with Crippen LogP contribution >= 0.6 is 23.4 Å². The first-order valence-electron chi connectivity index (χ1n) is 9.39. The first-order valence-corrected chi connectivity index (χ1v) is 10.8. The molecule has 0 unspecified atom stereocenters. The fraction of sp³-hybridized carbons (Fsp3) is 0.286. The molecule has 0 bridgehead atoms. The van der Waals surface area contributed by atoms with Gasteiger partial charge in [0.15, 0.2) is 11.0 Å². The molecule has 1 amide bonds. The number of aromatic nitrogens is 3. The molecule has 0 aliphatic carbocycles. The summed E-state index contributed by atoms with van der Waals surface area (Å²) in [6, 6.07) is 15.7. The minimum Gasteiger partial charge on any atom is -0.378 e. The smallest absolute Gasteiger partial charge is 0.233 e. The average molecular weight is 429 g/mol. The molecule has 8 heteroatoms. The average Bonchev–Trinajstić information content (AvgIpc) is 3.16. The molecule has 150 valence electrons. The second-order valence-corrected chi connectivity index (χ2v) is 8.09. The lowest BCUT2D eigenvalue weighted by Crippen LogP contribution is -2.41. The van der Waals surface area contributed by atoms with E-state index in [1.54, 1.807) is 0 Å². The lowest BCUT2D eigenvalue weighted by Gasteiger charge is -2.26. The van der Waals surface area contributed by atoms with E-state index in [2.05, 4.69) is 16.3 Å². The first-order chi connectivity index (χ1) is 14.1. The van der Waals surface area contributed by atoms with Gasteiger partial charge in [0.1, 0.15) is 0 Å². The second kappa shape index (κ2) is 8.98. The standard InChI is InChI=1S/C21H21ClN4O2S/c1-15-5-4-6-16(13-15)26-20(17-7-2-3-8-18(17)22)23-24-21(26)29-14-19(27)25-9-11-28-12-10-25/h2-8,13H,9-12,14H2,1H3. The summed E-state index contributed by atoms with van der Waals surface area (Å²) >= 11 is 7.81. The van der Waals surface area contributed by atoms with E-state index in [0.717, 1.165) is 16.8 Å². The van der Waals surface area contributed by atoms with E-state index in [1.807, 2.05) is 58.9 Å². The number of ether oxygens (including phenoxy) is 1. The maximum atomic E-state index is 12.6. The fourth-order valence-corrected chi connectivity index (χ4v) is 4.29. The number of rotatable bonds is 5. The number of nitrogens with zero attached hydrogens (tertiary/aromatic N) is 4. The summed E-state index contributed by atoms with van der Waals surface area (Å²) in [6.07, 6.45) is 0. The highest BCUT2D eigenvalue weighted by atomic mass is 35.5. The third-order valence-electron chi connectivity index (χ3n) is 4.70. The highest BCUT2D eigenvalue weighted by Gasteiger charge is 2.21. The Kier molecular flexibility index (Phi) is 6.18. The summed E-state index contributed by atoms with van der Waals surface area (Å²) in [5.74, 6) is 1.03. The van der Waals surface area contributed by atoms with E-state index >= 15 is 0 Å². The third kappa shape index (κ3) is 4.47. The lowest BCUT2D eigenvalue weighted by molar-refractivity contribution is -0.132. The number of halogens is 1. The highest BCUT2D eigenvalue weighted by molar-refractivity contribution is 7.99. The van der Waals surface area contributed by atoms with Gasteiger partial charge >= 0.3 is 0 Å². The van der Waals surface area contributed by atoms with E-state index in [-0.39, 0.29) is 5.91 Å². The molecular weight excluding hydrogens is 408 g/mol. The zero-order valence-electron chi connectivity index (χ0n) is 16.0. The molecule has 1 saturated heterocycles. The van der Waals surface area contributed by atoms with Crippen LogP contribution in [0.1, 0.15) is 5.56 Å². The summed E-state index contributed by atoms with van der Waals surface area (Å²) in [6.45, 7) is 4.49. The normalized spacial score (nSPS) is 14.2. The molecule has 3 aromatic rings. The SMILES string of the molecule is Cc1cccc(-n2c(SCC(=O)N3CCOCC3)nnc2-c2ccccc2Cl)c1. The number of carbonyl (C=O) groups is 1. The monoisotopic (exact) mass is 428 g/mol. The van der Waals surface area contributed by atoms with Gasteiger partial charge in [-0.1, -0.05) is 47.6 Å². The van der Waals surface area contributed by atoms with Gasteiger partial charge in [0, 0.05) is 24.3 Å². The highest BCUT2D eigenvalue weighted by Crippen LogP contribution is 2.32. The van der Waals surface area contributed by atoms with Crippen molar-refractivity contribution in [2.24, 2.45) is 0 Å². The van der Waals surface area contributed by atoms with Crippen molar-refractivity contribution in [2.75, 3.05) is 32.1 Å². The number of amides is 1. The molecule has 4 rings (SSSR count). The second-order valence-electron chi connectivity index (χ2n) is 6.74. The van der Waals surface area contributed by atoms with Crippen molar-refractivity contribution in [3.63, 3.8) is 0 Å². The maximum absolute atomic E-state index is 12.6. The molecule has 1 aliphatic heterocycles. The summed E-state index contributed by atoms with van der Waals surface area (Å²) in [7, 11) is 0. The molecule has 2 aromatic carbocycles. The van der Waals surface area contributed by atoms with Gasteiger partial charge in [-0.3, -0.25) is 9.36 Å². The number of benzene rings is 2. The molecule has 0 radical (unpaired) electrons. The Bertz CT molecular complexity index is 1020. The number of morpholine rings is 1. The predicted octanol–water partition coefficient (Wildman–Crippen LogP) is 3.85. The van der Waals surface area contributed by atoms with E-state index in [1.165, 1.54) is 11.8 Å². The van der Waals surface area contributed by atoms with Gasteiger partial charge in [-0.2, -0.15) is 0 Å². The molecule has 0 atom stereocenters. The number of thioether (sulfide) groups is 1. The van der Waals surface area contributed by atoms with Gasteiger partial charge < -0.3 is 9.64 Å². The molecule has 0 saturated carbocycles. The van der Waals surface area contributed by atoms with Crippen LogP contribution in [-0.4, -0.2) is 57.6 Å². The van der Waals surface area contributed by atoms with Crippen LogP contribution in [-0.2, 0) is 9.53 Å². The van der Waals surface area contributed by atoms with Gasteiger partial charge in [-0.25, -0.2) is 0 Å². The number of hydrogen-bond acceptors (Lipinski definition) is 5. The molecule has 1 aromatic heterocycles. The van der Waals surface area contributed by atoms with Crippen molar-refractivity contribution in [2.45, 2.75) is 12.1 Å². The molecule has 2 heterocycles. The van der Waals surface area contributed by atoms with Crippen LogP contribution in [0.15, 0.2) is 53.7 Å². The maximum Gasteiger partial charge on any atom is 0.233 e. The van der Waals surface area contributed by atoms with Gasteiger partial charge in [0.25, 0.3) is 0 Å². The Morgan fingerprint density at radius 1 is 1.14 bits per heavy atom. The molecule has 29 heavy (non-hydrogen) atoms. The number of hydrogen-bond donors (Lipinski definition) is 0. The van der Waals surface area contributed by atoms with Crippen LogP contribution in [0.3, 0.4) is 0 Å². The van der Waals surface area contributed by atoms with Crippen molar-refractivity contribution >= 4 is 29.3 Å². The van der Waals surface area contributed by atoms with Crippen molar-refractivity contribution in [1.29, 1.82) is 0 Å². The van der Waals surface area contributed by atoms with Crippen molar-refractivity contribution < 1.29 is 9.53 Å². The minimum absolute atomic E-state index is 0.0800. The minimum atomic E-state index is 0.0800. The number of aryl methyl sites for hydroxylation is 1.